The molecule has 0 aliphatic carbocycles. The van der Waals surface area contributed by atoms with Gasteiger partial charge in [-0.15, -0.1) is 0 Å². The molecule has 1 amide bonds. The fourth-order valence-electron chi connectivity index (χ4n) is 1.49. The molecule has 0 aromatic heterocycles. The molecule has 0 fully saturated rings. The quantitative estimate of drug-likeness (QED) is 0.550. The van der Waals surface area contributed by atoms with Crippen LogP contribution in [-0.4, -0.2) is 18.4 Å². The lowest BCUT2D eigenvalue weighted by Crippen LogP contribution is -2.27. The summed E-state index contributed by atoms with van der Waals surface area (Å²) in [5.41, 5.74) is 6.05. The first kappa shape index (κ1) is 15.9. The van der Waals surface area contributed by atoms with Crippen LogP contribution in [0.2, 0.25) is 0 Å². The lowest BCUT2D eigenvalue weighted by atomic mass is 10.1. The zero-order valence-corrected chi connectivity index (χ0v) is 11.2. The molecule has 0 saturated carbocycles. The molecule has 0 atom stereocenters. The van der Waals surface area contributed by atoms with Gasteiger partial charge in [0.25, 0.3) is 0 Å². The van der Waals surface area contributed by atoms with Crippen molar-refractivity contribution in [2.45, 2.75) is 27.0 Å². The van der Waals surface area contributed by atoms with E-state index in [1.807, 2.05) is 0 Å². The smallest absolute Gasteiger partial charge is 0.387 e. The zero-order valence-electron chi connectivity index (χ0n) is 11.2. The van der Waals surface area contributed by atoms with E-state index in [1.165, 1.54) is 18.2 Å². The molecule has 1 aromatic rings. The summed E-state index contributed by atoms with van der Waals surface area (Å²) in [6, 6.07) is 4.28. The molecule has 4 N–H and O–H groups in total. The Kier molecular flexibility index (Phi) is 5.42. The molecule has 0 spiro atoms. The monoisotopic (exact) mass is 285 g/mol. The first-order chi connectivity index (χ1) is 9.31. The van der Waals surface area contributed by atoms with E-state index in [1.54, 1.807) is 13.8 Å². The molecule has 7 heteroatoms. The van der Waals surface area contributed by atoms with Gasteiger partial charge in [-0.05, 0) is 17.7 Å². The molecule has 0 aliphatic heterocycles. The van der Waals surface area contributed by atoms with E-state index in [2.05, 4.69) is 10.1 Å². The highest BCUT2D eigenvalue weighted by Gasteiger charge is 2.13. The number of nitrogens with one attached hydrogen (secondary N) is 2. The summed E-state index contributed by atoms with van der Waals surface area (Å²) in [6.07, 6.45) is 0. The van der Waals surface area contributed by atoms with Crippen LogP contribution in [0, 0.1) is 11.3 Å². The largest absolute Gasteiger partial charge is 0.434 e. The highest BCUT2D eigenvalue weighted by molar-refractivity contribution is 5.97. The first-order valence-corrected chi connectivity index (χ1v) is 6.01. The third kappa shape index (κ3) is 4.49. The number of amidine groups is 1. The lowest BCUT2D eigenvalue weighted by Gasteiger charge is -2.12. The number of rotatable bonds is 6. The molecule has 1 rings (SSSR count). The van der Waals surface area contributed by atoms with Crippen molar-refractivity contribution in [3.63, 3.8) is 0 Å². The van der Waals surface area contributed by atoms with Crippen LogP contribution in [0.1, 0.15) is 25.0 Å². The van der Waals surface area contributed by atoms with Crippen molar-refractivity contribution in [3.8, 4) is 5.75 Å². The average Bonchev–Trinajstić information content (AvgIpc) is 2.35. The molecular formula is C13H17F2N3O2. The maximum absolute atomic E-state index is 12.2. The molecular weight excluding hydrogens is 268 g/mol. The Balaban J connectivity index is 2.87. The standard InChI is InChI=1S/C13H17F2N3O2/c1-7(2)12(19)18-6-8-3-4-10(20-13(14)15)9(5-8)11(16)17/h3-5,7,13H,6H2,1-2H3,(H3,16,17)(H,18,19). The Morgan fingerprint density at radius 1 is 1.45 bits per heavy atom. The number of alkyl halides is 2. The van der Waals surface area contributed by atoms with Crippen molar-refractivity contribution < 1.29 is 18.3 Å². The van der Waals surface area contributed by atoms with Crippen LogP contribution in [0.5, 0.6) is 5.75 Å². The predicted octanol–water partition coefficient (Wildman–Crippen LogP) is 1.84. The number of hydrogen-bond acceptors (Lipinski definition) is 3. The third-order valence-corrected chi connectivity index (χ3v) is 2.54. The van der Waals surface area contributed by atoms with Crippen LogP contribution < -0.4 is 15.8 Å². The second-order valence-corrected chi connectivity index (χ2v) is 4.50. The van der Waals surface area contributed by atoms with Gasteiger partial charge in [-0.25, -0.2) is 0 Å². The van der Waals surface area contributed by atoms with Crippen LogP contribution in [0.25, 0.3) is 0 Å². The summed E-state index contributed by atoms with van der Waals surface area (Å²) in [7, 11) is 0. The molecule has 0 heterocycles. The van der Waals surface area contributed by atoms with Crippen LogP contribution >= 0.6 is 0 Å². The normalized spacial score (nSPS) is 10.7. The maximum atomic E-state index is 12.2. The average molecular weight is 285 g/mol. The second-order valence-electron chi connectivity index (χ2n) is 4.50. The molecule has 0 bridgehead atoms. The highest BCUT2D eigenvalue weighted by atomic mass is 19.3. The highest BCUT2D eigenvalue weighted by Crippen LogP contribution is 2.21. The first-order valence-electron chi connectivity index (χ1n) is 6.01. The van der Waals surface area contributed by atoms with Gasteiger partial charge in [-0.3, -0.25) is 10.2 Å². The number of benzene rings is 1. The number of ether oxygens (including phenoxy) is 1. The Morgan fingerprint density at radius 2 is 2.10 bits per heavy atom. The van der Waals surface area contributed by atoms with Crippen LogP contribution in [0.15, 0.2) is 18.2 Å². The van der Waals surface area contributed by atoms with Gasteiger partial charge in [0.15, 0.2) is 0 Å². The topological polar surface area (TPSA) is 88.2 Å². The van der Waals surface area contributed by atoms with Gasteiger partial charge < -0.3 is 15.8 Å². The molecule has 0 saturated heterocycles. The Morgan fingerprint density at radius 3 is 2.60 bits per heavy atom. The van der Waals surface area contributed by atoms with E-state index in [9.17, 15) is 13.6 Å². The number of carbonyl (C=O) groups excluding carboxylic acids is 1. The molecule has 0 radical (unpaired) electrons. The van der Waals surface area contributed by atoms with Gasteiger partial charge in [-0.2, -0.15) is 8.78 Å². The summed E-state index contributed by atoms with van der Waals surface area (Å²) in [6.45, 7) is 0.762. The Hall–Kier alpha value is -2.18. The minimum atomic E-state index is -2.99. The molecule has 1 aromatic carbocycles. The van der Waals surface area contributed by atoms with E-state index in [0.29, 0.717) is 5.56 Å². The van der Waals surface area contributed by atoms with Crippen molar-refractivity contribution in [1.82, 2.24) is 5.32 Å². The van der Waals surface area contributed by atoms with Crippen molar-refractivity contribution in [2.75, 3.05) is 0 Å². The van der Waals surface area contributed by atoms with Crippen molar-refractivity contribution in [1.29, 1.82) is 5.41 Å². The molecule has 5 nitrogen and oxygen atoms in total. The summed E-state index contributed by atoms with van der Waals surface area (Å²) >= 11 is 0. The number of nitrogens with two attached hydrogens (primary N) is 1. The zero-order chi connectivity index (χ0) is 15.3. The van der Waals surface area contributed by atoms with Crippen molar-refractivity contribution >= 4 is 11.7 Å². The molecule has 20 heavy (non-hydrogen) atoms. The summed E-state index contributed by atoms with van der Waals surface area (Å²) in [4.78, 5) is 11.4. The van der Waals surface area contributed by atoms with Crippen LogP contribution in [0.4, 0.5) is 8.78 Å². The predicted molar refractivity (Wildman–Crippen MR) is 70.8 cm³/mol. The summed E-state index contributed by atoms with van der Waals surface area (Å²) < 4.78 is 28.7. The van der Waals surface area contributed by atoms with E-state index in [0.717, 1.165) is 0 Å². The third-order valence-electron chi connectivity index (χ3n) is 2.54. The van der Waals surface area contributed by atoms with Gasteiger partial charge >= 0.3 is 6.61 Å². The summed E-state index contributed by atoms with van der Waals surface area (Å²) in [5, 5.41) is 10.1. The van der Waals surface area contributed by atoms with Crippen LogP contribution in [0.3, 0.4) is 0 Å². The number of amides is 1. The van der Waals surface area contributed by atoms with Crippen molar-refractivity contribution in [3.05, 3.63) is 29.3 Å². The molecule has 0 aliphatic rings. The minimum absolute atomic E-state index is 0.0709. The van der Waals surface area contributed by atoms with Gasteiger partial charge in [-0.1, -0.05) is 19.9 Å². The van der Waals surface area contributed by atoms with Gasteiger partial charge in [0.2, 0.25) is 5.91 Å². The Labute approximate surface area is 115 Å². The second kappa shape index (κ2) is 6.83. The van der Waals surface area contributed by atoms with Crippen molar-refractivity contribution in [2.24, 2.45) is 11.7 Å². The SMILES string of the molecule is CC(C)C(=O)NCc1ccc(OC(F)F)c(C(=N)N)c1. The van der Waals surface area contributed by atoms with E-state index < -0.39 is 6.61 Å². The van der Waals surface area contributed by atoms with E-state index >= 15 is 0 Å². The maximum Gasteiger partial charge on any atom is 0.387 e. The summed E-state index contributed by atoms with van der Waals surface area (Å²) in [5.74, 6) is -0.810. The van der Waals surface area contributed by atoms with E-state index in [4.69, 9.17) is 11.1 Å². The van der Waals surface area contributed by atoms with Gasteiger partial charge in [0, 0.05) is 12.5 Å². The number of nitrogen functional groups attached to an aromatic ring is 1. The van der Waals surface area contributed by atoms with Gasteiger partial charge in [0.05, 0.1) is 5.56 Å². The minimum Gasteiger partial charge on any atom is -0.434 e. The fourth-order valence-corrected chi connectivity index (χ4v) is 1.49. The number of carbonyl (C=O) groups is 1. The lowest BCUT2D eigenvalue weighted by molar-refractivity contribution is -0.124. The number of halogens is 2. The molecule has 0 unspecified atom stereocenters. The number of hydrogen-bond donors (Lipinski definition) is 3. The Bertz CT molecular complexity index is 504. The van der Waals surface area contributed by atoms with Crippen LogP contribution in [-0.2, 0) is 11.3 Å². The van der Waals surface area contributed by atoms with Gasteiger partial charge in [0.1, 0.15) is 11.6 Å². The fraction of sp³-hybridized carbons (Fsp3) is 0.385. The molecule has 110 valence electrons. The van der Waals surface area contributed by atoms with E-state index in [-0.39, 0.29) is 35.5 Å².